The van der Waals surface area contributed by atoms with Crippen LogP contribution in [0.3, 0.4) is 0 Å². The molecule has 0 saturated heterocycles. The molecule has 0 radical (unpaired) electrons. The summed E-state index contributed by atoms with van der Waals surface area (Å²) in [5.41, 5.74) is 14.2. The smallest absolute Gasteiger partial charge is 0.303 e. The lowest BCUT2D eigenvalue weighted by Crippen LogP contribution is -2.63. The number of aromatic nitrogens is 2. The number of guanidine groups is 1. The number of nitrogens with two attached hydrogens (primary N) is 2. The number of carboxylic acid groups (broad SMARTS) is 1. The van der Waals surface area contributed by atoms with Crippen LogP contribution >= 0.6 is 23.5 Å². The molecule has 1 aliphatic heterocycles. The Morgan fingerprint density at radius 3 is 1.61 bits per heavy atom. The molecule has 0 spiro atoms. The van der Waals surface area contributed by atoms with Crippen molar-refractivity contribution in [1.82, 2.24) is 68.5 Å². The SMILES string of the molecule is CCC[C@@H]1NC(=O)[C@H](Cc2ccc(O)cc2)NC(=O)[C@H](CCC(=O)O)NC(=O)[C@H](CC(C)C)NC(=O)[C@H](Cc2c[nH]c3ncccc23)NC(=O)[C@H]([C@@H](C)O)NC(=O)[C@H](CN=C(N)N)NC(=O)[C@H](Cc2ccc(O)cc2)NC(=O)[C@H](C(C)(C)C)NC(=O)CCSCc2cccc(c2)CSCCNC(=O)C(CC)NC1=O. The molecule has 109 heavy (non-hydrogen) atoms. The number of aliphatic hydroxyl groups is 1. The highest BCUT2D eigenvalue weighted by molar-refractivity contribution is 7.98. The summed E-state index contributed by atoms with van der Waals surface area (Å²) in [4.78, 5) is 183. The first-order chi connectivity index (χ1) is 51.7. The van der Waals surface area contributed by atoms with Crippen molar-refractivity contribution in [2.75, 3.05) is 24.6 Å². The number of pyridine rings is 1. The molecule has 0 saturated carbocycles. The second-order valence-corrected chi connectivity index (χ2v) is 30.4. The highest BCUT2D eigenvalue weighted by atomic mass is 32.2. The third-order valence-electron chi connectivity index (χ3n) is 17.6. The third kappa shape index (κ3) is 28.9. The number of carbonyl (C=O) groups excluding carboxylic acids is 11. The molecule has 6 rings (SSSR count). The van der Waals surface area contributed by atoms with Crippen LogP contribution < -0.4 is 70.0 Å². The van der Waals surface area contributed by atoms with Gasteiger partial charge in [-0.1, -0.05) is 103 Å². The lowest BCUT2D eigenvalue weighted by molar-refractivity contribution is -0.139. The molecule has 5 aromatic rings. The number of benzene rings is 3. The monoisotopic (exact) mass is 1550 g/mol. The number of aliphatic hydroxyl groups excluding tert-OH is 1. The van der Waals surface area contributed by atoms with Gasteiger partial charge in [0, 0.05) is 79.4 Å². The molecule has 32 nitrogen and oxygen atoms in total. The second-order valence-electron chi connectivity index (χ2n) is 28.2. The number of aromatic hydroxyl groups is 2. The fourth-order valence-corrected chi connectivity index (χ4v) is 13.4. The number of aliphatic carboxylic acids is 1. The Bertz CT molecular complexity index is 3980. The summed E-state index contributed by atoms with van der Waals surface area (Å²) in [6.07, 6.45) is -0.312. The van der Waals surface area contributed by atoms with Crippen LogP contribution in [0.5, 0.6) is 11.5 Å². The first-order valence-electron chi connectivity index (χ1n) is 36.2. The van der Waals surface area contributed by atoms with Crippen LogP contribution in [0.25, 0.3) is 11.0 Å². The van der Waals surface area contributed by atoms with Crippen LogP contribution in [0.4, 0.5) is 0 Å². The first-order valence-corrected chi connectivity index (χ1v) is 38.5. The van der Waals surface area contributed by atoms with Gasteiger partial charge in [-0.25, -0.2) is 4.98 Å². The number of fused-ring (bicyclic) bond motifs is 3. The number of carbonyl (C=O) groups is 12. The van der Waals surface area contributed by atoms with E-state index in [1.54, 1.807) is 72.4 Å². The largest absolute Gasteiger partial charge is 0.508 e. The Labute approximate surface area is 641 Å². The van der Waals surface area contributed by atoms with E-state index in [0.717, 1.165) is 18.1 Å². The quantitative estimate of drug-likeness (QED) is 0.0461. The van der Waals surface area contributed by atoms with Crippen molar-refractivity contribution in [1.29, 1.82) is 0 Å². The minimum absolute atomic E-state index is 0.00532. The van der Waals surface area contributed by atoms with Crippen LogP contribution in [0.1, 0.15) is 128 Å². The number of nitrogens with zero attached hydrogens (tertiary/aromatic N) is 2. The van der Waals surface area contributed by atoms with Crippen molar-refractivity contribution in [3.05, 3.63) is 125 Å². The van der Waals surface area contributed by atoms with Gasteiger partial charge in [0.15, 0.2) is 5.96 Å². The number of amides is 11. The standard InChI is InChI=1S/C75H104N16O16S2/c1-9-13-52-65(99)82-51(10-2)64(98)79-29-31-109-40-46-15-11-14-45(33-46)39-108-30-27-59(95)90-62(75(6,7)8)73(107)88-56(35-44-19-23-49(94)24-20-44)69(103)89-58(38-81-74(76)77)71(105)91-61(42(5)92)72(106)87-57(36-47-37-80-63-50(47)16-12-28-78-63)70(104)85-54(32-41(3)4)67(101)84-53(25-26-60(96)97)66(100)86-55(68(102)83-52)34-43-17-21-48(93)22-18-43/h11-12,14-24,28,33,37,41-42,51-58,61-62,92-94H,9-10,13,25-27,29-32,34-36,38-40H2,1-8H3,(H,78,80)(H,79,98)(H,82,99)(H,83,102)(H,84,101)(H,85,104)(H,86,100)(H,87,106)(H,88,107)(H,89,103)(H,90,95)(H,91,105)(H,96,97)(H4,76,77,81)/t42-,51?,52+,53+,54+,55+,56+,57+,58+,61+,62-/m1/s1. The molecular formula is C75H104N16O16S2. The molecule has 0 aliphatic carbocycles. The average Bonchev–Trinajstić information content (AvgIpc) is 1.66. The normalized spacial score (nSPS) is 23.0. The number of hydrogen-bond donors (Lipinski definition) is 18. The molecular weight excluding hydrogens is 1450 g/mol. The Morgan fingerprint density at radius 2 is 1.07 bits per heavy atom. The van der Waals surface area contributed by atoms with Crippen molar-refractivity contribution in [3.63, 3.8) is 0 Å². The van der Waals surface area contributed by atoms with Gasteiger partial charge in [0.05, 0.1) is 12.6 Å². The highest BCUT2D eigenvalue weighted by Crippen LogP contribution is 2.24. The minimum Gasteiger partial charge on any atom is -0.508 e. The van der Waals surface area contributed by atoms with E-state index in [0.29, 0.717) is 57.2 Å². The molecule has 11 atom stereocenters. The number of nitrogens with one attached hydrogen (secondary N) is 12. The maximum atomic E-state index is 15.1. The summed E-state index contributed by atoms with van der Waals surface area (Å²) in [5, 5.41) is 71.5. The number of rotatable bonds is 17. The van der Waals surface area contributed by atoms with E-state index in [9.17, 15) is 73.2 Å². The summed E-state index contributed by atoms with van der Waals surface area (Å²) < 4.78 is 0. The van der Waals surface area contributed by atoms with Crippen LogP contribution in [0.2, 0.25) is 0 Å². The lowest BCUT2D eigenvalue weighted by atomic mass is 9.85. The molecule has 34 heteroatoms. The number of phenols is 2. The molecule has 3 heterocycles. The highest BCUT2D eigenvalue weighted by Gasteiger charge is 2.40. The third-order valence-corrected chi connectivity index (χ3v) is 19.7. The second kappa shape index (κ2) is 42.9. The van der Waals surface area contributed by atoms with Gasteiger partial charge >= 0.3 is 5.97 Å². The van der Waals surface area contributed by atoms with Crippen LogP contribution in [0, 0.1) is 11.3 Å². The van der Waals surface area contributed by atoms with Gasteiger partial charge in [0.1, 0.15) is 77.6 Å². The van der Waals surface area contributed by atoms with E-state index in [1.807, 2.05) is 24.3 Å². The Balaban J connectivity index is 1.38. The molecule has 3 aromatic carbocycles. The number of H-pyrrole nitrogens is 1. The zero-order valence-corrected chi connectivity index (χ0v) is 64.2. The number of aliphatic imine (C=N–C) groups is 1. The van der Waals surface area contributed by atoms with Crippen molar-refractivity contribution in [3.8, 4) is 11.5 Å². The van der Waals surface area contributed by atoms with Crippen LogP contribution in [-0.2, 0) is 88.3 Å². The lowest BCUT2D eigenvalue weighted by Gasteiger charge is -2.32. The maximum absolute atomic E-state index is 15.1. The number of thioether (sulfide) groups is 2. The topological polar surface area (TPSA) is 511 Å². The first kappa shape index (κ1) is 87.4. The Hall–Kier alpha value is -10.5. The van der Waals surface area contributed by atoms with E-state index in [1.165, 1.54) is 72.7 Å². The summed E-state index contributed by atoms with van der Waals surface area (Å²) in [7, 11) is 0. The van der Waals surface area contributed by atoms with Gasteiger partial charge in [-0.05, 0) is 108 Å². The van der Waals surface area contributed by atoms with Crippen molar-refractivity contribution in [2.24, 2.45) is 27.8 Å². The Morgan fingerprint density at radius 1 is 0.578 bits per heavy atom. The average molecular weight is 1550 g/mol. The number of phenolic OH excluding ortho intramolecular Hbond substituents is 2. The molecule has 20 N–H and O–H groups in total. The van der Waals surface area contributed by atoms with Gasteiger partial charge in [-0.3, -0.25) is 62.5 Å². The van der Waals surface area contributed by atoms with Gasteiger partial charge in [-0.2, -0.15) is 23.5 Å². The van der Waals surface area contributed by atoms with Crippen molar-refractivity contribution >= 4 is 111 Å². The summed E-state index contributed by atoms with van der Waals surface area (Å²) in [6.45, 7) is 12.8. The molecule has 1 aliphatic rings. The fraction of sp³-hybridized carbons (Fsp3) is 0.493. The van der Waals surface area contributed by atoms with Crippen molar-refractivity contribution in [2.45, 2.75) is 198 Å². The van der Waals surface area contributed by atoms with E-state index in [2.05, 4.69) is 73.4 Å². The van der Waals surface area contributed by atoms with Gasteiger partial charge in [0.2, 0.25) is 65.0 Å². The summed E-state index contributed by atoms with van der Waals surface area (Å²) in [6, 6.07) is 7.38. The number of hydrogen-bond acceptors (Lipinski definition) is 19. The molecule has 2 aromatic heterocycles. The summed E-state index contributed by atoms with van der Waals surface area (Å²) >= 11 is 3.05. The number of carboxylic acids is 1. The van der Waals surface area contributed by atoms with Gasteiger partial charge in [-0.15, -0.1) is 0 Å². The molecule has 1 unspecified atom stereocenters. The van der Waals surface area contributed by atoms with E-state index >= 15 is 4.79 Å². The molecule has 11 amide bonds. The van der Waals surface area contributed by atoms with Crippen LogP contribution in [-0.4, -0.2) is 198 Å². The Kier molecular flexibility index (Phi) is 34.4. The van der Waals surface area contributed by atoms with Crippen LogP contribution in [0.15, 0.2) is 102 Å². The predicted molar refractivity (Wildman–Crippen MR) is 412 cm³/mol. The number of aromatic amines is 1. The molecule has 592 valence electrons. The zero-order chi connectivity index (χ0) is 80.1. The van der Waals surface area contributed by atoms with Crippen molar-refractivity contribution < 1.29 is 78.0 Å². The summed E-state index contributed by atoms with van der Waals surface area (Å²) in [5.74, 6) is -10.2. The molecule has 0 fully saturated rings. The van der Waals surface area contributed by atoms with E-state index in [4.69, 9.17) is 11.5 Å². The molecule has 2 bridgehead atoms. The van der Waals surface area contributed by atoms with E-state index < -0.39 is 168 Å². The fourth-order valence-electron chi connectivity index (χ4n) is 11.7. The zero-order valence-electron chi connectivity index (χ0n) is 62.5. The van der Waals surface area contributed by atoms with E-state index in [-0.39, 0.29) is 68.9 Å². The van der Waals surface area contributed by atoms with Gasteiger partial charge < -0.3 is 95.4 Å². The minimum atomic E-state index is -1.94. The predicted octanol–water partition coefficient (Wildman–Crippen LogP) is 1.36. The van der Waals surface area contributed by atoms with Gasteiger partial charge in [0.25, 0.3) is 0 Å². The maximum Gasteiger partial charge on any atom is 0.303 e.